The molecule has 3 rings (SSSR count). The molecule has 0 saturated carbocycles. The third kappa shape index (κ3) is 3.79. The Hall–Kier alpha value is -3.45. The number of hydrogen-bond acceptors (Lipinski definition) is 6. The van der Waals surface area contributed by atoms with Crippen LogP contribution in [0.4, 0.5) is 5.69 Å². The second-order valence-corrected chi connectivity index (χ2v) is 6.16. The monoisotopic (exact) mass is 380 g/mol. The average molecular weight is 380 g/mol. The number of amides is 1. The summed E-state index contributed by atoms with van der Waals surface area (Å²) < 4.78 is 4.78. The van der Waals surface area contributed by atoms with Gasteiger partial charge in [0, 0.05) is 23.4 Å². The Kier molecular flexibility index (Phi) is 5.86. The SMILES string of the molecule is COC(=O)C1=C(Nc2ccccc2C(=O)c2ccccc2)C(=O)N(CCO)C1. The predicted octanol–water partition coefficient (Wildman–Crippen LogP) is 1.59. The van der Waals surface area contributed by atoms with Crippen molar-refractivity contribution in [2.75, 3.05) is 32.1 Å². The average Bonchev–Trinajstić information content (AvgIpc) is 3.04. The van der Waals surface area contributed by atoms with Crippen LogP contribution in [-0.2, 0) is 14.3 Å². The van der Waals surface area contributed by atoms with Gasteiger partial charge in [-0.15, -0.1) is 0 Å². The van der Waals surface area contributed by atoms with Gasteiger partial charge in [0.25, 0.3) is 5.91 Å². The minimum absolute atomic E-state index is 0.0310. The number of ether oxygens (including phenoxy) is 1. The van der Waals surface area contributed by atoms with Crippen molar-refractivity contribution in [3.05, 3.63) is 77.0 Å². The van der Waals surface area contributed by atoms with Gasteiger partial charge in [0.15, 0.2) is 5.78 Å². The summed E-state index contributed by atoms with van der Waals surface area (Å²) in [4.78, 5) is 39.0. The highest BCUT2D eigenvalue weighted by Gasteiger charge is 2.34. The molecule has 1 aliphatic heterocycles. The fourth-order valence-corrected chi connectivity index (χ4v) is 3.02. The van der Waals surface area contributed by atoms with Crippen LogP contribution in [0.5, 0.6) is 0 Å². The fourth-order valence-electron chi connectivity index (χ4n) is 3.02. The normalized spacial score (nSPS) is 13.6. The zero-order chi connectivity index (χ0) is 20.1. The maximum atomic E-state index is 12.9. The Labute approximate surface area is 162 Å². The van der Waals surface area contributed by atoms with E-state index in [0.29, 0.717) is 16.8 Å². The van der Waals surface area contributed by atoms with E-state index in [1.54, 1.807) is 48.5 Å². The Bertz CT molecular complexity index is 937. The van der Waals surface area contributed by atoms with Gasteiger partial charge in [-0.25, -0.2) is 4.79 Å². The largest absolute Gasteiger partial charge is 0.466 e. The number of hydrogen-bond donors (Lipinski definition) is 2. The highest BCUT2D eigenvalue weighted by atomic mass is 16.5. The fraction of sp³-hybridized carbons (Fsp3) is 0.190. The maximum absolute atomic E-state index is 12.9. The van der Waals surface area contributed by atoms with E-state index in [-0.39, 0.29) is 36.7 Å². The molecule has 0 aliphatic carbocycles. The van der Waals surface area contributed by atoms with Crippen molar-refractivity contribution < 1.29 is 24.2 Å². The van der Waals surface area contributed by atoms with Gasteiger partial charge in [0.1, 0.15) is 5.70 Å². The molecule has 144 valence electrons. The van der Waals surface area contributed by atoms with Crippen molar-refractivity contribution in [2.24, 2.45) is 0 Å². The first kappa shape index (κ1) is 19.3. The molecule has 0 unspecified atom stereocenters. The lowest BCUT2D eigenvalue weighted by Gasteiger charge is -2.16. The lowest BCUT2D eigenvalue weighted by molar-refractivity contribution is -0.136. The van der Waals surface area contributed by atoms with E-state index in [2.05, 4.69) is 5.32 Å². The Morgan fingerprint density at radius 2 is 1.79 bits per heavy atom. The Morgan fingerprint density at radius 3 is 2.46 bits per heavy atom. The molecule has 0 saturated heterocycles. The van der Waals surface area contributed by atoms with Gasteiger partial charge in [-0.3, -0.25) is 9.59 Å². The van der Waals surface area contributed by atoms with E-state index in [0.717, 1.165) is 0 Å². The third-order valence-electron chi connectivity index (χ3n) is 4.42. The molecule has 2 N–H and O–H groups in total. The minimum Gasteiger partial charge on any atom is -0.466 e. The standard InChI is InChI=1S/C21H20N2O5/c1-28-21(27)16-13-23(11-12-24)20(26)18(16)22-17-10-6-5-9-15(17)19(25)14-7-3-2-4-8-14/h2-10,22,24H,11-13H2,1H3. The van der Waals surface area contributed by atoms with Crippen LogP contribution >= 0.6 is 0 Å². The number of nitrogens with zero attached hydrogens (tertiary/aromatic N) is 1. The molecular formula is C21H20N2O5. The molecule has 2 aromatic carbocycles. The van der Waals surface area contributed by atoms with Gasteiger partial charge in [-0.1, -0.05) is 42.5 Å². The molecule has 7 heteroatoms. The number of carbonyl (C=O) groups excluding carboxylic acids is 3. The highest BCUT2D eigenvalue weighted by molar-refractivity contribution is 6.14. The molecule has 0 aromatic heterocycles. The van der Waals surface area contributed by atoms with Crippen LogP contribution < -0.4 is 5.32 Å². The molecule has 0 spiro atoms. The molecule has 2 aromatic rings. The zero-order valence-electron chi connectivity index (χ0n) is 15.3. The van der Waals surface area contributed by atoms with Gasteiger partial charge in [0.2, 0.25) is 0 Å². The number of para-hydroxylation sites is 1. The molecule has 1 amide bonds. The molecule has 7 nitrogen and oxygen atoms in total. The van der Waals surface area contributed by atoms with Crippen molar-refractivity contribution in [1.82, 2.24) is 4.90 Å². The number of esters is 1. The van der Waals surface area contributed by atoms with Gasteiger partial charge in [0.05, 0.1) is 25.8 Å². The predicted molar refractivity (Wildman–Crippen MR) is 103 cm³/mol. The number of methoxy groups -OCH3 is 1. The highest BCUT2D eigenvalue weighted by Crippen LogP contribution is 2.26. The van der Waals surface area contributed by atoms with Crippen molar-refractivity contribution in [2.45, 2.75) is 0 Å². The van der Waals surface area contributed by atoms with Crippen LogP contribution in [-0.4, -0.2) is 54.5 Å². The van der Waals surface area contributed by atoms with Crippen molar-refractivity contribution in [1.29, 1.82) is 0 Å². The van der Waals surface area contributed by atoms with Crippen molar-refractivity contribution in [3.8, 4) is 0 Å². The molecule has 0 fully saturated rings. The molecule has 0 radical (unpaired) electrons. The quantitative estimate of drug-likeness (QED) is 0.559. The molecule has 28 heavy (non-hydrogen) atoms. The number of aliphatic hydroxyl groups excluding tert-OH is 1. The summed E-state index contributed by atoms with van der Waals surface area (Å²) in [6.07, 6.45) is 0. The number of aliphatic hydroxyl groups is 1. The molecule has 1 heterocycles. The van der Waals surface area contributed by atoms with Crippen LogP contribution in [0.3, 0.4) is 0 Å². The summed E-state index contributed by atoms with van der Waals surface area (Å²) in [5, 5.41) is 12.1. The zero-order valence-corrected chi connectivity index (χ0v) is 15.3. The summed E-state index contributed by atoms with van der Waals surface area (Å²) in [5.41, 5.74) is 1.50. The first-order valence-electron chi connectivity index (χ1n) is 8.74. The number of β-amino-alcohol motifs (C(OH)–C–C–N with tert-alkyl or cyclic N) is 1. The summed E-state index contributed by atoms with van der Waals surface area (Å²) in [6, 6.07) is 15.6. The van der Waals surface area contributed by atoms with Gasteiger partial charge >= 0.3 is 5.97 Å². The van der Waals surface area contributed by atoms with Gasteiger partial charge in [-0.05, 0) is 12.1 Å². The maximum Gasteiger partial charge on any atom is 0.337 e. The molecular weight excluding hydrogens is 360 g/mol. The van der Waals surface area contributed by atoms with Crippen molar-refractivity contribution >= 4 is 23.3 Å². The first-order valence-corrected chi connectivity index (χ1v) is 8.74. The van der Waals surface area contributed by atoms with Crippen molar-refractivity contribution in [3.63, 3.8) is 0 Å². The summed E-state index contributed by atoms with van der Waals surface area (Å²) >= 11 is 0. The second-order valence-electron chi connectivity index (χ2n) is 6.16. The van der Waals surface area contributed by atoms with E-state index in [4.69, 9.17) is 9.84 Å². The van der Waals surface area contributed by atoms with Gasteiger partial charge in [-0.2, -0.15) is 0 Å². The number of anilines is 1. The second kappa shape index (κ2) is 8.49. The summed E-state index contributed by atoms with van der Waals surface area (Å²) in [7, 11) is 1.24. The molecule has 0 bridgehead atoms. The van der Waals surface area contributed by atoms with Crippen LogP contribution in [0.2, 0.25) is 0 Å². The van der Waals surface area contributed by atoms with E-state index in [9.17, 15) is 14.4 Å². The summed E-state index contributed by atoms with van der Waals surface area (Å²) in [5.74, 6) is -1.28. The van der Waals surface area contributed by atoms with Crippen LogP contribution in [0.15, 0.2) is 65.9 Å². The lowest BCUT2D eigenvalue weighted by atomic mass is 10.0. The number of ketones is 1. The summed E-state index contributed by atoms with van der Waals surface area (Å²) in [6.45, 7) is -0.102. The van der Waals surface area contributed by atoms with Crippen LogP contribution in [0.1, 0.15) is 15.9 Å². The topological polar surface area (TPSA) is 95.9 Å². The Morgan fingerprint density at radius 1 is 1.11 bits per heavy atom. The van der Waals surface area contributed by atoms with Gasteiger partial charge < -0.3 is 20.1 Å². The number of nitrogens with one attached hydrogen (secondary N) is 1. The number of rotatable bonds is 7. The van der Waals surface area contributed by atoms with E-state index < -0.39 is 11.9 Å². The van der Waals surface area contributed by atoms with E-state index in [1.807, 2.05) is 6.07 Å². The minimum atomic E-state index is -0.636. The molecule has 0 atom stereocenters. The van der Waals surface area contributed by atoms with E-state index >= 15 is 0 Å². The van der Waals surface area contributed by atoms with E-state index in [1.165, 1.54) is 12.0 Å². The van der Waals surface area contributed by atoms with Crippen LogP contribution in [0, 0.1) is 0 Å². The molecule has 1 aliphatic rings. The van der Waals surface area contributed by atoms with Crippen LogP contribution in [0.25, 0.3) is 0 Å². The number of benzene rings is 2. The smallest absolute Gasteiger partial charge is 0.337 e. The lowest BCUT2D eigenvalue weighted by Crippen LogP contribution is -2.31. The Balaban J connectivity index is 1.97. The first-order chi connectivity index (χ1) is 13.6. The number of carbonyl (C=O) groups is 3. The third-order valence-corrected chi connectivity index (χ3v) is 4.42.